The van der Waals surface area contributed by atoms with E-state index in [1.165, 1.54) is 12.8 Å². The van der Waals surface area contributed by atoms with Crippen molar-refractivity contribution in [2.24, 2.45) is 5.92 Å². The molecule has 0 spiro atoms. The Labute approximate surface area is 93.0 Å². The van der Waals surface area contributed by atoms with Gasteiger partial charge in [0.25, 0.3) is 0 Å². The predicted molar refractivity (Wildman–Crippen MR) is 62.7 cm³/mol. The first kappa shape index (κ1) is 12.5. The lowest BCUT2D eigenvalue weighted by atomic mass is 10.0. The quantitative estimate of drug-likeness (QED) is 0.674. The maximum Gasteiger partial charge on any atom is 0.221 e. The Kier molecular flexibility index (Phi) is 5.09. The Balaban J connectivity index is 2.05. The van der Waals surface area contributed by atoms with Crippen LogP contribution in [0.5, 0.6) is 0 Å². The molecule has 1 saturated carbocycles. The van der Waals surface area contributed by atoms with Gasteiger partial charge in [-0.05, 0) is 25.2 Å². The van der Waals surface area contributed by atoms with E-state index in [1.807, 2.05) is 0 Å². The lowest BCUT2D eigenvalue weighted by Crippen LogP contribution is -2.36. The Morgan fingerprint density at radius 1 is 1.40 bits per heavy atom. The molecule has 1 fully saturated rings. The van der Waals surface area contributed by atoms with E-state index in [9.17, 15) is 4.79 Å². The summed E-state index contributed by atoms with van der Waals surface area (Å²) in [5, 5.41) is 6.43. The number of nitrogens with one attached hydrogen (secondary N) is 2. The highest BCUT2D eigenvalue weighted by Crippen LogP contribution is 2.18. The minimum atomic E-state index is 0.198. The van der Waals surface area contributed by atoms with E-state index in [-0.39, 0.29) is 5.91 Å². The number of amides is 1. The van der Waals surface area contributed by atoms with Gasteiger partial charge in [0.05, 0.1) is 0 Å². The Hall–Kier alpha value is -0.570. The molecule has 1 amide bonds. The van der Waals surface area contributed by atoms with Crippen LogP contribution in [0.3, 0.4) is 0 Å². The van der Waals surface area contributed by atoms with Crippen molar-refractivity contribution >= 4 is 5.91 Å². The van der Waals surface area contributed by atoms with E-state index >= 15 is 0 Å². The van der Waals surface area contributed by atoms with E-state index in [4.69, 9.17) is 0 Å². The van der Waals surface area contributed by atoms with Gasteiger partial charge in [-0.15, -0.1) is 0 Å². The third kappa shape index (κ3) is 5.17. The molecule has 1 aliphatic rings. The molecule has 3 nitrogen and oxygen atoms in total. The summed E-state index contributed by atoms with van der Waals surface area (Å²) in [6, 6.07) is 1.03. The Bertz CT molecular complexity index is 200. The molecule has 2 N–H and O–H groups in total. The third-order valence-electron chi connectivity index (χ3n) is 2.95. The molecular weight excluding hydrogens is 188 g/mol. The van der Waals surface area contributed by atoms with Gasteiger partial charge in [-0.2, -0.15) is 0 Å². The third-order valence-corrected chi connectivity index (χ3v) is 2.95. The molecule has 0 aromatic carbocycles. The first-order chi connectivity index (χ1) is 7.13. The lowest BCUT2D eigenvalue weighted by Gasteiger charge is -2.20. The molecule has 0 aromatic heterocycles. The monoisotopic (exact) mass is 212 g/mol. The van der Waals surface area contributed by atoms with Crippen LogP contribution in [-0.2, 0) is 4.79 Å². The molecule has 0 saturated heterocycles. The number of hydrogen-bond donors (Lipinski definition) is 2. The molecule has 3 heteroatoms. The summed E-state index contributed by atoms with van der Waals surface area (Å²) in [6.07, 6.45) is 4.08. The number of carbonyl (C=O) groups is 1. The van der Waals surface area contributed by atoms with Crippen LogP contribution in [0.25, 0.3) is 0 Å². The minimum Gasteiger partial charge on any atom is -0.353 e. The van der Waals surface area contributed by atoms with Crippen LogP contribution in [-0.4, -0.2) is 24.5 Å². The van der Waals surface area contributed by atoms with Gasteiger partial charge in [0.15, 0.2) is 0 Å². The summed E-state index contributed by atoms with van der Waals surface area (Å²) < 4.78 is 0. The second kappa shape index (κ2) is 6.11. The van der Waals surface area contributed by atoms with E-state index < -0.39 is 0 Å². The minimum absolute atomic E-state index is 0.198. The number of hydrogen-bond acceptors (Lipinski definition) is 2. The summed E-state index contributed by atoms with van der Waals surface area (Å²) in [5.41, 5.74) is 0. The highest BCUT2D eigenvalue weighted by molar-refractivity contribution is 5.76. The highest BCUT2D eigenvalue weighted by Gasteiger charge is 2.22. The van der Waals surface area contributed by atoms with E-state index in [0.29, 0.717) is 24.4 Å². The number of rotatable bonds is 7. The second-order valence-electron chi connectivity index (χ2n) is 4.80. The van der Waals surface area contributed by atoms with Crippen LogP contribution in [0.15, 0.2) is 0 Å². The van der Waals surface area contributed by atoms with Crippen LogP contribution in [0.2, 0.25) is 0 Å². The summed E-state index contributed by atoms with van der Waals surface area (Å²) in [4.78, 5) is 11.4. The lowest BCUT2D eigenvalue weighted by molar-refractivity contribution is -0.121. The molecule has 0 aliphatic heterocycles. The van der Waals surface area contributed by atoms with Crippen molar-refractivity contribution in [1.82, 2.24) is 10.6 Å². The maximum absolute atomic E-state index is 11.4. The summed E-state index contributed by atoms with van der Waals surface area (Å²) in [6.45, 7) is 7.41. The van der Waals surface area contributed by atoms with Crippen LogP contribution >= 0.6 is 0 Å². The van der Waals surface area contributed by atoms with Crippen molar-refractivity contribution < 1.29 is 4.79 Å². The molecular formula is C12H24N2O. The summed E-state index contributed by atoms with van der Waals surface area (Å²) >= 11 is 0. The fourth-order valence-electron chi connectivity index (χ4n) is 1.75. The smallest absolute Gasteiger partial charge is 0.221 e. The Morgan fingerprint density at radius 2 is 2.07 bits per heavy atom. The molecule has 0 radical (unpaired) electrons. The second-order valence-corrected chi connectivity index (χ2v) is 4.80. The van der Waals surface area contributed by atoms with Gasteiger partial charge in [-0.3, -0.25) is 4.79 Å². The SMILES string of the molecule is CCC(NCCC(=O)NC1CC1)C(C)C. The number of carbonyl (C=O) groups excluding carboxylic acids is 1. The van der Waals surface area contributed by atoms with E-state index in [2.05, 4.69) is 31.4 Å². The van der Waals surface area contributed by atoms with Crippen molar-refractivity contribution in [2.75, 3.05) is 6.54 Å². The van der Waals surface area contributed by atoms with E-state index in [1.54, 1.807) is 0 Å². The van der Waals surface area contributed by atoms with Crippen LogP contribution in [0.4, 0.5) is 0 Å². The largest absolute Gasteiger partial charge is 0.353 e. The molecule has 1 atom stereocenters. The zero-order valence-corrected chi connectivity index (χ0v) is 10.2. The van der Waals surface area contributed by atoms with Crippen LogP contribution in [0.1, 0.15) is 46.5 Å². The van der Waals surface area contributed by atoms with Gasteiger partial charge in [-0.1, -0.05) is 20.8 Å². The van der Waals surface area contributed by atoms with Gasteiger partial charge >= 0.3 is 0 Å². The standard InChI is InChI=1S/C12H24N2O/c1-4-11(9(2)3)13-8-7-12(15)14-10-5-6-10/h9-11,13H,4-8H2,1-3H3,(H,14,15). The topological polar surface area (TPSA) is 41.1 Å². The van der Waals surface area contributed by atoms with Gasteiger partial charge in [0, 0.05) is 25.0 Å². The van der Waals surface area contributed by atoms with Gasteiger partial charge in [-0.25, -0.2) is 0 Å². The van der Waals surface area contributed by atoms with Gasteiger partial charge in [0.2, 0.25) is 5.91 Å². The fraction of sp³-hybridized carbons (Fsp3) is 0.917. The molecule has 0 bridgehead atoms. The zero-order valence-electron chi connectivity index (χ0n) is 10.2. The van der Waals surface area contributed by atoms with Gasteiger partial charge in [0.1, 0.15) is 0 Å². The zero-order chi connectivity index (χ0) is 11.3. The van der Waals surface area contributed by atoms with Crippen LogP contribution < -0.4 is 10.6 Å². The maximum atomic E-state index is 11.4. The molecule has 0 heterocycles. The fourth-order valence-corrected chi connectivity index (χ4v) is 1.75. The first-order valence-electron chi connectivity index (χ1n) is 6.16. The van der Waals surface area contributed by atoms with Gasteiger partial charge < -0.3 is 10.6 Å². The molecule has 15 heavy (non-hydrogen) atoms. The molecule has 1 aliphatic carbocycles. The van der Waals surface area contributed by atoms with Crippen molar-refractivity contribution in [3.05, 3.63) is 0 Å². The normalized spacial score (nSPS) is 17.9. The van der Waals surface area contributed by atoms with Crippen molar-refractivity contribution in [2.45, 2.75) is 58.5 Å². The van der Waals surface area contributed by atoms with Crippen molar-refractivity contribution in [3.63, 3.8) is 0 Å². The first-order valence-corrected chi connectivity index (χ1v) is 6.16. The highest BCUT2D eigenvalue weighted by atomic mass is 16.1. The molecule has 1 rings (SSSR count). The van der Waals surface area contributed by atoms with E-state index in [0.717, 1.165) is 13.0 Å². The summed E-state index contributed by atoms with van der Waals surface area (Å²) in [5.74, 6) is 0.838. The van der Waals surface area contributed by atoms with Crippen molar-refractivity contribution in [1.29, 1.82) is 0 Å². The Morgan fingerprint density at radius 3 is 2.53 bits per heavy atom. The van der Waals surface area contributed by atoms with Crippen molar-refractivity contribution in [3.8, 4) is 0 Å². The average molecular weight is 212 g/mol. The molecule has 0 aromatic rings. The predicted octanol–water partition coefficient (Wildman–Crippen LogP) is 1.68. The van der Waals surface area contributed by atoms with Crippen LogP contribution in [0, 0.1) is 5.92 Å². The molecule has 88 valence electrons. The molecule has 1 unspecified atom stereocenters. The summed E-state index contributed by atoms with van der Waals surface area (Å²) in [7, 11) is 0. The average Bonchev–Trinajstić information content (AvgIpc) is 2.95.